The highest BCUT2D eigenvalue weighted by Gasteiger charge is 2.15. The first-order valence-electron chi connectivity index (χ1n) is 7.70. The van der Waals surface area contributed by atoms with Crippen LogP contribution in [-0.4, -0.2) is 64.3 Å². The fourth-order valence-corrected chi connectivity index (χ4v) is 2.17. The number of amides is 1. The van der Waals surface area contributed by atoms with E-state index in [0.29, 0.717) is 38.6 Å². The standard InChI is InChI=1S/C14H30N4O4S/c1-6-15-12(16-8-7-11-23(5,20)21)17-9-10-18-13(19)22-14(2,3)4/h6-11H2,1-5H3,(H,18,19)(H2,15,16,17). The van der Waals surface area contributed by atoms with Crippen molar-refractivity contribution in [1.82, 2.24) is 16.0 Å². The van der Waals surface area contributed by atoms with E-state index in [1.165, 1.54) is 6.26 Å². The molecular formula is C14H30N4O4S. The first kappa shape index (κ1) is 21.5. The van der Waals surface area contributed by atoms with Gasteiger partial charge in [0, 0.05) is 32.4 Å². The molecule has 0 bridgehead atoms. The highest BCUT2D eigenvalue weighted by Crippen LogP contribution is 2.05. The van der Waals surface area contributed by atoms with Crippen LogP contribution < -0.4 is 16.0 Å². The van der Waals surface area contributed by atoms with Crippen LogP contribution >= 0.6 is 0 Å². The SMILES string of the molecule is CCNC(=NCCCS(C)(=O)=O)NCCNC(=O)OC(C)(C)C. The van der Waals surface area contributed by atoms with Crippen LogP contribution in [0.1, 0.15) is 34.1 Å². The van der Waals surface area contributed by atoms with E-state index >= 15 is 0 Å². The molecule has 1 amide bonds. The maximum atomic E-state index is 11.5. The molecule has 0 unspecified atom stereocenters. The third-order valence-corrected chi connectivity index (χ3v) is 3.40. The largest absolute Gasteiger partial charge is 0.444 e. The molecule has 0 saturated carbocycles. The number of carbonyl (C=O) groups is 1. The maximum absolute atomic E-state index is 11.5. The van der Waals surface area contributed by atoms with E-state index in [2.05, 4.69) is 20.9 Å². The molecule has 0 rings (SSSR count). The molecule has 23 heavy (non-hydrogen) atoms. The Morgan fingerprint density at radius 3 is 2.26 bits per heavy atom. The zero-order chi connectivity index (χ0) is 17.9. The van der Waals surface area contributed by atoms with Gasteiger partial charge in [0.2, 0.25) is 0 Å². The van der Waals surface area contributed by atoms with Crippen molar-refractivity contribution in [2.24, 2.45) is 4.99 Å². The molecule has 136 valence electrons. The highest BCUT2D eigenvalue weighted by molar-refractivity contribution is 7.90. The van der Waals surface area contributed by atoms with E-state index in [1.807, 2.05) is 6.92 Å². The van der Waals surface area contributed by atoms with Gasteiger partial charge in [0.15, 0.2) is 5.96 Å². The number of nitrogens with one attached hydrogen (secondary N) is 3. The number of hydrogen-bond acceptors (Lipinski definition) is 5. The molecule has 0 saturated heterocycles. The van der Waals surface area contributed by atoms with Gasteiger partial charge >= 0.3 is 6.09 Å². The van der Waals surface area contributed by atoms with Crippen molar-refractivity contribution < 1.29 is 17.9 Å². The number of carbonyl (C=O) groups excluding carboxylic acids is 1. The average molecular weight is 350 g/mol. The van der Waals surface area contributed by atoms with Gasteiger partial charge in [0.25, 0.3) is 0 Å². The Hall–Kier alpha value is -1.51. The predicted octanol–water partition coefficient (Wildman–Crippen LogP) is 0.501. The number of aliphatic imine (C=N–C) groups is 1. The summed E-state index contributed by atoms with van der Waals surface area (Å²) >= 11 is 0. The Labute approximate surface area is 139 Å². The molecular weight excluding hydrogens is 320 g/mol. The monoisotopic (exact) mass is 350 g/mol. The molecule has 9 heteroatoms. The summed E-state index contributed by atoms with van der Waals surface area (Å²) < 4.78 is 27.2. The zero-order valence-electron chi connectivity index (χ0n) is 14.7. The number of nitrogens with zero attached hydrogens (tertiary/aromatic N) is 1. The second-order valence-electron chi connectivity index (χ2n) is 6.10. The number of hydrogen-bond donors (Lipinski definition) is 3. The summed E-state index contributed by atoms with van der Waals surface area (Å²) in [5.74, 6) is 0.711. The average Bonchev–Trinajstić information content (AvgIpc) is 2.36. The van der Waals surface area contributed by atoms with Crippen LogP contribution in [0.2, 0.25) is 0 Å². The van der Waals surface area contributed by atoms with Gasteiger partial charge in [-0.1, -0.05) is 0 Å². The summed E-state index contributed by atoms with van der Waals surface area (Å²) in [4.78, 5) is 15.7. The van der Waals surface area contributed by atoms with Crippen molar-refractivity contribution in [3.63, 3.8) is 0 Å². The van der Waals surface area contributed by atoms with Crippen molar-refractivity contribution in [3.05, 3.63) is 0 Å². The van der Waals surface area contributed by atoms with Gasteiger partial charge in [-0.2, -0.15) is 0 Å². The molecule has 0 fully saturated rings. The van der Waals surface area contributed by atoms with Crippen molar-refractivity contribution in [2.45, 2.75) is 39.7 Å². The molecule has 0 aromatic carbocycles. The van der Waals surface area contributed by atoms with Crippen LogP contribution in [0, 0.1) is 0 Å². The number of ether oxygens (including phenoxy) is 1. The second-order valence-corrected chi connectivity index (χ2v) is 8.36. The van der Waals surface area contributed by atoms with Gasteiger partial charge in [0.05, 0.1) is 5.75 Å². The summed E-state index contributed by atoms with van der Waals surface area (Å²) in [6.07, 6.45) is 1.23. The lowest BCUT2D eigenvalue weighted by Gasteiger charge is -2.19. The minimum atomic E-state index is -2.95. The Morgan fingerprint density at radius 2 is 1.74 bits per heavy atom. The second kappa shape index (κ2) is 10.3. The number of sulfone groups is 1. The predicted molar refractivity (Wildman–Crippen MR) is 92.5 cm³/mol. The molecule has 0 aliphatic rings. The Morgan fingerprint density at radius 1 is 1.13 bits per heavy atom. The minimum absolute atomic E-state index is 0.121. The van der Waals surface area contributed by atoms with E-state index in [4.69, 9.17) is 4.74 Å². The lowest BCUT2D eigenvalue weighted by Crippen LogP contribution is -2.42. The maximum Gasteiger partial charge on any atom is 0.407 e. The third kappa shape index (κ3) is 15.2. The van der Waals surface area contributed by atoms with Gasteiger partial charge in [0.1, 0.15) is 15.4 Å². The quantitative estimate of drug-likeness (QED) is 0.334. The number of alkyl carbamates (subject to hydrolysis) is 1. The van der Waals surface area contributed by atoms with Crippen LogP contribution in [-0.2, 0) is 14.6 Å². The zero-order valence-corrected chi connectivity index (χ0v) is 15.5. The smallest absolute Gasteiger partial charge is 0.407 e. The van der Waals surface area contributed by atoms with Crippen molar-refractivity contribution in [1.29, 1.82) is 0 Å². The molecule has 0 heterocycles. The van der Waals surface area contributed by atoms with Gasteiger partial charge in [-0.25, -0.2) is 13.2 Å². The molecule has 0 radical (unpaired) electrons. The topological polar surface area (TPSA) is 109 Å². The molecule has 0 aliphatic heterocycles. The summed E-state index contributed by atoms with van der Waals surface area (Å²) in [6.45, 7) is 9.33. The van der Waals surface area contributed by atoms with Crippen LogP contribution in [0.15, 0.2) is 4.99 Å². The first-order chi connectivity index (χ1) is 10.5. The molecule has 0 spiro atoms. The normalized spacial score (nSPS) is 12.7. The Bertz CT molecular complexity index is 483. The van der Waals surface area contributed by atoms with E-state index in [9.17, 15) is 13.2 Å². The van der Waals surface area contributed by atoms with Crippen molar-refractivity contribution >= 4 is 21.9 Å². The Balaban J connectivity index is 4.06. The van der Waals surface area contributed by atoms with Crippen LogP contribution in [0.3, 0.4) is 0 Å². The summed E-state index contributed by atoms with van der Waals surface area (Å²) in [5, 5.41) is 8.75. The third-order valence-electron chi connectivity index (χ3n) is 2.37. The van der Waals surface area contributed by atoms with Crippen LogP contribution in [0.5, 0.6) is 0 Å². The Kier molecular flexibility index (Phi) is 9.62. The fraction of sp³-hybridized carbons (Fsp3) is 0.857. The molecule has 0 aromatic heterocycles. The number of guanidine groups is 1. The summed E-state index contributed by atoms with van der Waals surface area (Å²) in [6, 6.07) is 0. The lowest BCUT2D eigenvalue weighted by atomic mass is 10.2. The minimum Gasteiger partial charge on any atom is -0.444 e. The van der Waals surface area contributed by atoms with Gasteiger partial charge < -0.3 is 20.7 Å². The summed E-state index contributed by atoms with van der Waals surface area (Å²) in [7, 11) is -2.95. The molecule has 0 aliphatic carbocycles. The van der Waals surface area contributed by atoms with Crippen LogP contribution in [0.4, 0.5) is 4.79 Å². The van der Waals surface area contributed by atoms with Gasteiger partial charge in [-0.15, -0.1) is 0 Å². The fourth-order valence-electron chi connectivity index (χ4n) is 1.52. The molecule has 8 nitrogen and oxygen atoms in total. The van der Waals surface area contributed by atoms with E-state index < -0.39 is 21.5 Å². The number of rotatable bonds is 8. The first-order valence-corrected chi connectivity index (χ1v) is 9.76. The highest BCUT2D eigenvalue weighted by atomic mass is 32.2. The molecule has 0 aromatic rings. The van der Waals surface area contributed by atoms with Crippen molar-refractivity contribution in [2.75, 3.05) is 38.2 Å². The summed E-state index contributed by atoms with van der Waals surface area (Å²) in [5.41, 5.74) is -0.520. The van der Waals surface area contributed by atoms with E-state index in [0.717, 1.165) is 0 Å². The molecule has 0 atom stereocenters. The lowest BCUT2D eigenvalue weighted by molar-refractivity contribution is 0.0529. The van der Waals surface area contributed by atoms with E-state index in [1.54, 1.807) is 20.8 Å². The van der Waals surface area contributed by atoms with E-state index in [-0.39, 0.29) is 5.75 Å². The van der Waals surface area contributed by atoms with Crippen LogP contribution in [0.25, 0.3) is 0 Å². The molecule has 3 N–H and O–H groups in total. The van der Waals surface area contributed by atoms with Crippen molar-refractivity contribution in [3.8, 4) is 0 Å². The van der Waals surface area contributed by atoms with Gasteiger partial charge in [-0.05, 0) is 34.1 Å². The van der Waals surface area contributed by atoms with Gasteiger partial charge in [-0.3, -0.25) is 4.99 Å².